The summed E-state index contributed by atoms with van der Waals surface area (Å²) in [7, 11) is 0. The zero-order valence-corrected chi connectivity index (χ0v) is 12.9. The van der Waals surface area contributed by atoms with Gasteiger partial charge in [-0.3, -0.25) is 4.79 Å². The first-order valence-corrected chi connectivity index (χ1v) is 7.32. The van der Waals surface area contributed by atoms with E-state index < -0.39 is 17.7 Å². The fourth-order valence-corrected chi connectivity index (χ4v) is 2.09. The van der Waals surface area contributed by atoms with Gasteiger partial charge in [-0.15, -0.1) is 0 Å². The Labute approximate surface area is 121 Å². The molecule has 1 fully saturated rings. The molecule has 6 heteroatoms. The molecule has 1 aliphatic heterocycles. The molecule has 0 spiro atoms. The van der Waals surface area contributed by atoms with E-state index >= 15 is 0 Å². The summed E-state index contributed by atoms with van der Waals surface area (Å²) in [4.78, 5) is 23.9. The lowest BCUT2D eigenvalue weighted by Crippen LogP contribution is -2.50. The van der Waals surface area contributed by atoms with E-state index in [1.807, 2.05) is 6.92 Å². The Morgan fingerprint density at radius 2 is 2.10 bits per heavy atom. The van der Waals surface area contributed by atoms with Crippen molar-refractivity contribution in [2.75, 3.05) is 13.1 Å². The Balaban J connectivity index is 2.49. The van der Waals surface area contributed by atoms with Crippen molar-refractivity contribution in [1.29, 1.82) is 0 Å². The molecule has 0 bridgehead atoms. The Morgan fingerprint density at radius 1 is 1.40 bits per heavy atom. The molecule has 1 aliphatic rings. The molecule has 0 radical (unpaired) electrons. The molecule has 0 aromatic rings. The van der Waals surface area contributed by atoms with E-state index in [4.69, 9.17) is 4.74 Å². The fraction of sp³-hybridized carbons (Fsp3) is 0.857. The van der Waals surface area contributed by atoms with Crippen LogP contribution in [-0.2, 0) is 9.53 Å². The largest absolute Gasteiger partial charge is 0.444 e. The van der Waals surface area contributed by atoms with Crippen molar-refractivity contribution in [2.45, 2.75) is 64.6 Å². The van der Waals surface area contributed by atoms with Crippen molar-refractivity contribution in [3.63, 3.8) is 0 Å². The molecule has 1 unspecified atom stereocenters. The summed E-state index contributed by atoms with van der Waals surface area (Å²) in [5.41, 5.74) is -0.563. The molecule has 1 rings (SSSR count). The van der Waals surface area contributed by atoms with Crippen LogP contribution in [0.15, 0.2) is 0 Å². The van der Waals surface area contributed by atoms with Gasteiger partial charge in [0.2, 0.25) is 5.91 Å². The van der Waals surface area contributed by atoms with Crippen LogP contribution < -0.4 is 16.0 Å². The van der Waals surface area contributed by atoms with Crippen LogP contribution in [-0.4, -0.2) is 42.8 Å². The van der Waals surface area contributed by atoms with Crippen LogP contribution in [0.3, 0.4) is 0 Å². The molecule has 1 heterocycles. The third-order valence-electron chi connectivity index (χ3n) is 2.99. The van der Waals surface area contributed by atoms with Crippen LogP contribution >= 0.6 is 0 Å². The van der Waals surface area contributed by atoms with Crippen LogP contribution in [0.5, 0.6) is 0 Å². The van der Waals surface area contributed by atoms with Gasteiger partial charge in [-0.1, -0.05) is 13.3 Å². The van der Waals surface area contributed by atoms with Crippen molar-refractivity contribution >= 4 is 12.0 Å². The van der Waals surface area contributed by atoms with Gasteiger partial charge in [0.05, 0.1) is 0 Å². The zero-order valence-electron chi connectivity index (χ0n) is 12.9. The zero-order chi connectivity index (χ0) is 15.2. The highest BCUT2D eigenvalue weighted by molar-refractivity contribution is 5.85. The summed E-state index contributed by atoms with van der Waals surface area (Å²) >= 11 is 0. The summed E-state index contributed by atoms with van der Waals surface area (Å²) in [6, 6.07) is -0.377. The first-order chi connectivity index (χ1) is 9.31. The monoisotopic (exact) mass is 285 g/mol. The van der Waals surface area contributed by atoms with E-state index in [-0.39, 0.29) is 11.9 Å². The highest BCUT2D eigenvalue weighted by Crippen LogP contribution is 2.08. The average Bonchev–Trinajstić information content (AvgIpc) is 2.78. The van der Waals surface area contributed by atoms with Gasteiger partial charge in [-0.05, 0) is 40.2 Å². The fourth-order valence-electron chi connectivity index (χ4n) is 2.09. The number of carbonyl (C=O) groups is 2. The van der Waals surface area contributed by atoms with Gasteiger partial charge in [0.25, 0.3) is 0 Å². The van der Waals surface area contributed by atoms with E-state index in [2.05, 4.69) is 16.0 Å². The lowest BCUT2D eigenvalue weighted by Gasteiger charge is -2.24. The Bertz CT molecular complexity index is 333. The number of alkyl carbamates (subject to hydrolysis) is 1. The number of nitrogens with one attached hydrogen (secondary N) is 3. The molecule has 2 amide bonds. The van der Waals surface area contributed by atoms with Gasteiger partial charge in [0.1, 0.15) is 11.6 Å². The van der Waals surface area contributed by atoms with E-state index in [1.54, 1.807) is 20.8 Å². The minimum absolute atomic E-state index is 0.133. The van der Waals surface area contributed by atoms with Gasteiger partial charge in [-0.25, -0.2) is 4.79 Å². The van der Waals surface area contributed by atoms with Gasteiger partial charge >= 0.3 is 6.09 Å². The predicted octanol–water partition coefficient (Wildman–Crippen LogP) is 1.16. The van der Waals surface area contributed by atoms with Gasteiger partial charge in [-0.2, -0.15) is 0 Å². The molecular weight excluding hydrogens is 258 g/mol. The lowest BCUT2D eigenvalue weighted by molar-refractivity contribution is -0.124. The molecule has 0 aromatic heterocycles. The second kappa shape index (κ2) is 7.47. The number of ether oxygens (including phenoxy) is 1. The van der Waals surface area contributed by atoms with Crippen molar-refractivity contribution < 1.29 is 14.3 Å². The number of hydrogen-bond donors (Lipinski definition) is 3. The topological polar surface area (TPSA) is 79.5 Å². The Morgan fingerprint density at radius 3 is 2.60 bits per heavy atom. The van der Waals surface area contributed by atoms with Crippen molar-refractivity contribution in [1.82, 2.24) is 16.0 Å². The normalized spacial score (nSPS) is 20.3. The van der Waals surface area contributed by atoms with Gasteiger partial charge in [0.15, 0.2) is 0 Å². The number of amides is 2. The van der Waals surface area contributed by atoms with Crippen LogP contribution in [0, 0.1) is 0 Å². The maximum absolute atomic E-state index is 12.2. The predicted molar refractivity (Wildman–Crippen MR) is 77.5 cm³/mol. The van der Waals surface area contributed by atoms with Crippen LogP contribution in [0.2, 0.25) is 0 Å². The quantitative estimate of drug-likeness (QED) is 0.708. The minimum Gasteiger partial charge on any atom is -0.444 e. The molecule has 1 saturated heterocycles. The van der Waals surface area contributed by atoms with E-state index in [0.717, 1.165) is 25.9 Å². The van der Waals surface area contributed by atoms with E-state index in [9.17, 15) is 9.59 Å². The Hall–Kier alpha value is -1.30. The third-order valence-corrected chi connectivity index (χ3v) is 2.99. The summed E-state index contributed by atoms with van der Waals surface area (Å²) in [6.07, 6.45) is 1.80. The standard InChI is InChI=1S/C14H27N3O3/c1-5-6-11(17-13(19)20-14(2,3)4)12(18)16-10-7-8-15-9-10/h10-11,15H,5-9H2,1-4H3,(H,16,18)(H,17,19)/t10?,11-/m0/s1. The molecule has 116 valence electrons. The number of carbonyl (C=O) groups excluding carboxylic acids is 2. The molecule has 2 atom stereocenters. The first kappa shape index (κ1) is 16.8. The molecule has 0 saturated carbocycles. The summed E-state index contributed by atoms with van der Waals surface area (Å²) in [5.74, 6) is -0.133. The van der Waals surface area contributed by atoms with Gasteiger partial charge < -0.3 is 20.7 Å². The first-order valence-electron chi connectivity index (χ1n) is 7.32. The van der Waals surface area contributed by atoms with E-state index in [0.29, 0.717) is 6.42 Å². The van der Waals surface area contributed by atoms with Crippen LogP contribution in [0.4, 0.5) is 4.79 Å². The second-order valence-corrected chi connectivity index (χ2v) is 6.19. The van der Waals surface area contributed by atoms with Crippen molar-refractivity contribution in [2.24, 2.45) is 0 Å². The number of hydrogen-bond acceptors (Lipinski definition) is 4. The maximum Gasteiger partial charge on any atom is 0.408 e. The molecule has 6 nitrogen and oxygen atoms in total. The summed E-state index contributed by atoms with van der Waals surface area (Å²) in [6.45, 7) is 9.08. The third kappa shape index (κ3) is 6.23. The van der Waals surface area contributed by atoms with Crippen LogP contribution in [0.25, 0.3) is 0 Å². The van der Waals surface area contributed by atoms with Crippen molar-refractivity contribution in [3.8, 4) is 0 Å². The highest BCUT2D eigenvalue weighted by Gasteiger charge is 2.26. The summed E-state index contributed by atoms with van der Waals surface area (Å²) < 4.78 is 5.19. The van der Waals surface area contributed by atoms with Crippen LogP contribution in [0.1, 0.15) is 47.0 Å². The summed E-state index contributed by atoms with van der Waals surface area (Å²) in [5, 5.41) is 8.81. The average molecular weight is 285 g/mol. The second-order valence-electron chi connectivity index (χ2n) is 6.19. The smallest absolute Gasteiger partial charge is 0.408 e. The highest BCUT2D eigenvalue weighted by atomic mass is 16.6. The molecule has 20 heavy (non-hydrogen) atoms. The molecular formula is C14H27N3O3. The van der Waals surface area contributed by atoms with Gasteiger partial charge in [0, 0.05) is 12.6 Å². The molecule has 3 N–H and O–H groups in total. The number of rotatable bonds is 5. The minimum atomic E-state index is -0.563. The maximum atomic E-state index is 12.2. The van der Waals surface area contributed by atoms with Crippen molar-refractivity contribution in [3.05, 3.63) is 0 Å². The molecule has 0 aromatic carbocycles. The van der Waals surface area contributed by atoms with E-state index in [1.165, 1.54) is 0 Å². The SMILES string of the molecule is CCC[C@H](NC(=O)OC(C)(C)C)C(=O)NC1CCNC1. The Kier molecular flexibility index (Phi) is 6.26. The molecule has 0 aliphatic carbocycles. The lowest BCUT2D eigenvalue weighted by atomic mass is 10.1.